The summed E-state index contributed by atoms with van der Waals surface area (Å²) >= 11 is 0. The SMILES string of the molecule is CCCCOc1ccc(C(=O)OCC(=O)N2CCC[C@H](C(N)=O)C2)cc1. The second-order valence-corrected chi connectivity index (χ2v) is 6.38. The van der Waals surface area contributed by atoms with Gasteiger partial charge in [-0.05, 0) is 43.5 Å². The molecule has 2 N–H and O–H groups in total. The fraction of sp³-hybridized carbons (Fsp3) is 0.526. The zero-order valence-electron chi connectivity index (χ0n) is 15.1. The van der Waals surface area contributed by atoms with Crippen LogP contribution in [0.5, 0.6) is 5.75 Å². The highest BCUT2D eigenvalue weighted by Crippen LogP contribution is 2.17. The first-order valence-corrected chi connectivity index (χ1v) is 8.98. The Labute approximate surface area is 153 Å². The highest BCUT2D eigenvalue weighted by atomic mass is 16.5. The molecule has 1 aromatic rings. The van der Waals surface area contributed by atoms with Crippen molar-refractivity contribution in [1.82, 2.24) is 4.90 Å². The summed E-state index contributed by atoms with van der Waals surface area (Å²) < 4.78 is 10.6. The lowest BCUT2D eigenvalue weighted by Gasteiger charge is -2.31. The van der Waals surface area contributed by atoms with E-state index in [9.17, 15) is 14.4 Å². The highest BCUT2D eigenvalue weighted by molar-refractivity contribution is 5.91. The van der Waals surface area contributed by atoms with Gasteiger partial charge in [-0.25, -0.2) is 4.79 Å². The van der Waals surface area contributed by atoms with Gasteiger partial charge in [0.2, 0.25) is 5.91 Å². The molecular formula is C19H26N2O5. The number of amides is 2. The van der Waals surface area contributed by atoms with Gasteiger partial charge in [0.05, 0.1) is 18.1 Å². The van der Waals surface area contributed by atoms with Gasteiger partial charge < -0.3 is 20.1 Å². The molecule has 1 saturated heterocycles. The van der Waals surface area contributed by atoms with Crippen LogP contribution in [0.1, 0.15) is 43.0 Å². The fourth-order valence-electron chi connectivity index (χ4n) is 2.76. The summed E-state index contributed by atoms with van der Waals surface area (Å²) in [6, 6.07) is 6.63. The third-order valence-corrected chi connectivity index (χ3v) is 4.36. The maximum Gasteiger partial charge on any atom is 0.338 e. The van der Waals surface area contributed by atoms with Crippen molar-refractivity contribution in [1.29, 1.82) is 0 Å². The Morgan fingerprint density at radius 1 is 1.23 bits per heavy atom. The van der Waals surface area contributed by atoms with Crippen molar-refractivity contribution in [3.63, 3.8) is 0 Å². The number of likely N-dealkylation sites (tertiary alicyclic amines) is 1. The normalized spacial score (nSPS) is 16.8. The predicted molar refractivity (Wildman–Crippen MR) is 95.6 cm³/mol. The summed E-state index contributed by atoms with van der Waals surface area (Å²) in [4.78, 5) is 37.0. The minimum atomic E-state index is -0.568. The van der Waals surface area contributed by atoms with E-state index >= 15 is 0 Å². The molecule has 7 heteroatoms. The molecule has 2 rings (SSSR count). The van der Waals surface area contributed by atoms with Crippen LogP contribution in [0.25, 0.3) is 0 Å². The molecule has 0 saturated carbocycles. The van der Waals surface area contributed by atoms with Crippen molar-refractivity contribution >= 4 is 17.8 Å². The molecule has 1 aromatic carbocycles. The van der Waals surface area contributed by atoms with Crippen LogP contribution in [-0.4, -0.2) is 49.0 Å². The van der Waals surface area contributed by atoms with Crippen molar-refractivity contribution in [3.05, 3.63) is 29.8 Å². The minimum Gasteiger partial charge on any atom is -0.494 e. The number of rotatable bonds is 8. The van der Waals surface area contributed by atoms with Crippen molar-refractivity contribution in [2.24, 2.45) is 11.7 Å². The molecule has 7 nitrogen and oxygen atoms in total. The second-order valence-electron chi connectivity index (χ2n) is 6.38. The van der Waals surface area contributed by atoms with E-state index in [1.54, 1.807) is 24.3 Å². The van der Waals surface area contributed by atoms with Gasteiger partial charge in [0.1, 0.15) is 5.75 Å². The first-order chi connectivity index (χ1) is 12.5. The molecule has 0 unspecified atom stereocenters. The molecule has 0 spiro atoms. The number of ether oxygens (including phenoxy) is 2. The average molecular weight is 362 g/mol. The Hall–Kier alpha value is -2.57. The number of nitrogens with two attached hydrogens (primary N) is 1. The van der Waals surface area contributed by atoms with Crippen molar-refractivity contribution in [2.45, 2.75) is 32.6 Å². The molecule has 0 aliphatic carbocycles. The standard InChI is InChI=1S/C19H26N2O5/c1-2-3-11-25-16-8-6-14(7-9-16)19(24)26-13-17(22)21-10-4-5-15(12-21)18(20)23/h6-9,15H,2-5,10-13H2,1H3,(H2,20,23)/t15-/m0/s1. The van der Waals surface area contributed by atoms with E-state index in [1.807, 2.05) is 0 Å². The maximum atomic E-state index is 12.2. The molecule has 0 radical (unpaired) electrons. The van der Waals surface area contributed by atoms with Crippen molar-refractivity contribution in [3.8, 4) is 5.75 Å². The number of piperidine rings is 1. The van der Waals surface area contributed by atoms with E-state index in [0.29, 0.717) is 37.3 Å². The highest BCUT2D eigenvalue weighted by Gasteiger charge is 2.27. The van der Waals surface area contributed by atoms with Gasteiger partial charge in [0.25, 0.3) is 5.91 Å². The molecule has 1 atom stereocenters. The lowest BCUT2D eigenvalue weighted by atomic mass is 9.97. The number of hydrogen-bond donors (Lipinski definition) is 1. The summed E-state index contributed by atoms with van der Waals surface area (Å²) in [5, 5.41) is 0. The van der Waals surface area contributed by atoms with Crippen LogP contribution in [0.3, 0.4) is 0 Å². The van der Waals surface area contributed by atoms with Gasteiger partial charge in [-0.1, -0.05) is 13.3 Å². The number of primary amides is 1. The van der Waals surface area contributed by atoms with E-state index in [-0.39, 0.29) is 25.0 Å². The summed E-state index contributed by atoms with van der Waals surface area (Å²) in [5.41, 5.74) is 5.66. The third kappa shape index (κ3) is 5.75. The number of unbranched alkanes of at least 4 members (excludes halogenated alkanes) is 1. The predicted octanol–water partition coefficient (Wildman–Crippen LogP) is 1.75. The molecule has 1 aliphatic rings. The van der Waals surface area contributed by atoms with Crippen LogP contribution in [0.15, 0.2) is 24.3 Å². The van der Waals surface area contributed by atoms with Crippen LogP contribution < -0.4 is 10.5 Å². The Kier molecular flexibility index (Phi) is 7.44. The van der Waals surface area contributed by atoms with E-state index in [0.717, 1.165) is 12.8 Å². The molecule has 1 heterocycles. The van der Waals surface area contributed by atoms with Gasteiger partial charge in [0, 0.05) is 13.1 Å². The lowest BCUT2D eigenvalue weighted by molar-refractivity contribution is -0.137. The number of benzene rings is 1. The molecule has 1 aliphatic heterocycles. The molecule has 0 aromatic heterocycles. The fourth-order valence-corrected chi connectivity index (χ4v) is 2.76. The smallest absolute Gasteiger partial charge is 0.338 e. The number of nitrogens with zero attached hydrogens (tertiary/aromatic N) is 1. The first kappa shape index (κ1) is 19.8. The Balaban J connectivity index is 1.80. The van der Waals surface area contributed by atoms with Crippen molar-refractivity contribution < 1.29 is 23.9 Å². The average Bonchev–Trinajstić information content (AvgIpc) is 2.66. The Morgan fingerprint density at radius 3 is 2.62 bits per heavy atom. The van der Waals surface area contributed by atoms with E-state index in [1.165, 1.54) is 4.90 Å². The zero-order valence-corrected chi connectivity index (χ0v) is 15.1. The zero-order chi connectivity index (χ0) is 18.9. The van der Waals surface area contributed by atoms with Crippen LogP contribution in [0.4, 0.5) is 0 Å². The topological polar surface area (TPSA) is 98.9 Å². The second kappa shape index (κ2) is 9.79. The quantitative estimate of drug-likeness (QED) is 0.561. The summed E-state index contributed by atoms with van der Waals surface area (Å²) in [7, 11) is 0. The van der Waals surface area contributed by atoms with Crippen LogP contribution in [0.2, 0.25) is 0 Å². The Bertz CT molecular complexity index is 629. The van der Waals surface area contributed by atoms with Gasteiger partial charge in [-0.2, -0.15) is 0 Å². The number of carbonyl (C=O) groups is 3. The number of esters is 1. The van der Waals surface area contributed by atoms with Gasteiger partial charge in [-0.3, -0.25) is 9.59 Å². The van der Waals surface area contributed by atoms with E-state index in [4.69, 9.17) is 15.2 Å². The lowest BCUT2D eigenvalue weighted by Crippen LogP contribution is -2.45. The minimum absolute atomic E-state index is 0.287. The largest absolute Gasteiger partial charge is 0.494 e. The molecule has 26 heavy (non-hydrogen) atoms. The van der Waals surface area contributed by atoms with Gasteiger partial charge in [-0.15, -0.1) is 0 Å². The molecule has 142 valence electrons. The molecule has 0 bridgehead atoms. The Morgan fingerprint density at radius 2 is 1.96 bits per heavy atom. The van der Waals surface area contributed by atoms with Crippen LogP contribution >= 0.6 is 0 Å². The third-order valence-electron chi connectivity index (χ3n) is 4.36. The van der Waals surface area contributed by atoms with Crippen LogP contribution in [0, 0.1) is 5.92 Å². The molecular weight excluding hydrogens is 336 g/mol. The van der Waals surface area contributed by atoms with Crippen molar-refractivity contribution in [2.75, 3.05) is 26.3 Å². The molecule has 1 fully saturated rings. The maximum absolute atomic E-state index is 12.2. The monoisotopic (exact) mass is 362 g/mol. The van der Waals surface area contributed by atoms with E-state index in [2.05, 4.69) is 6.92 Å². The molecule has 2 amide bonds. The first-order valence-electron chi connectivity index (χ1n) is 8.98. The summed E-state index contributed by atoms with van der Waals surface area (Å²) in [6.45, 7) is 3.21. The summed E-state index contributed by atoms with van der Waals surface area (Å²) in [6.07, 6.45) is 3.42. The number of hydrogen-bond acceptors (Lipinski definition) is 5. The van der Waals surface area contributed by atoms with Crippen LogP contribution in [-0.2, 0) is 14.3 Å². The van der Waals surface area contributed by atoms with Gasteiger partial charge in [0.15, 0.2) is 6.61 Å². The van der Waals surface area contributed by atoms with E-state index < -0.39 is 11.9 Å². The summed E-state index contributed by atoms with van der Waals surface area (Å²) in [5.74, 6) is -0.924. The van der Waals surface area contributed by atoms with Gasteiger partial charge >= 0.3 is 5.97 Å². The number of carbonyl (C=O) groups excluding carboxylic acids is 3.